The Morgan fingerprint density at radius 3 is 2.45 bits per heavy atom. The third kappa shape index (κ3) is 6.04. The molecule has 1 aliphatic heterocycles. The molecule has 0 spiro atoms. The van der Waals surface area contributed by atoms with Crippen LogP contribution in [0.15, 0.2) is 60.8 Å². The molecule has 1 aromatic heterocycles. The van der Waals surface area contributed by atoms with E-state index in [1.807, 2.05) is 6.07 Å². The van der Waals surface area contributed by atoms with Crippen LogP contribution in [0.25, 0.3) is 0 Å². The number of hydrogen-bond acceptors (Lipinski definition) is 7. The summed E-state index contributed by atoms with van der Waals surface area (Å²) in [5.74, 6) is -6.60. The highest BCUT2D eigenvalue weighted by Crippen LogP contribution is 2.40. The van der Waals surface area contributed by atoms with Crippen molar-refractivity contribution in [2.24, 2.45) is 0 Å². The van der Waals surface area contributed by atoms with E-state index in [4.69, 9.17) is 11.6 Å². The largest absolute Gasteiger partial charge is 0.351 e. The third-order valence-corrected chi connectivity index (χ3v) is 9.42. The number of rotatable bonds is 7. The van der Waals surface area contributed by atoms with E-state index in [0.29, 0.717) is 0 Å². The van der Waals surface area contributed by atoms with Crippen molar-refractivity contribution in [3.05, 3.63) is 88.3 Å². The molecule has 2 heterocycles. The summed E-state index contributed by atoms with van der Waals surface area (Å²) in [4.78, 5) is 33.3. The summed E-state index contributed by atoms with van der Waals surface area (Å²) in [5.41, 5.74) is -0.400. The van der Waals surface area contributed by atoms with Crippen LogP contribution < -0.4 is 14.5 Å². The van der Waals surface area contributed by atoms with Gasteiger partial charge in [-0.15, -0.1) is 0 Å². The van der Waals surface area contributed by atoms with Gasteiger partial charge >= 0.3 is 0 Å². The van der Waals surface area contributed by atoms with Crippen LogP contribution in [0.2, 0.25) is 5.02 Å². The maximum atomic E-state index is 14.8. The maximum Gasteiger partial charge on any atom is 0.252 e. The number of pyridine rings is 1. The number of aromatic nitrogens is 1. The van der Waals surface area contributed by atoms with Gasteiger partial charge in [-0.25, -0.2) is 30.9 Å². The highest BCUT2D eigenvalue weighted by atomic mass is 35.5. The normalized spacial score (nSPS) is 19.2. The minimum atomic E-state index is -4.16. The zero-order valence-electron chi connectivity index (χ0n) is 22.6. The Labute approximate surface area is 255 Å². The molecule has 2 aliphatic rings. The first-order valence-electron chi connectivity index (χ1n) is 13.2. The van der Waals surface area contributed by atoms with E-state index in [-0.39, 0.29) is 39.6 Å². The molecule has 44 heavy (non-hydrogen) atoms. The van der Waals surface area contributed by atoms with E-state index in [9.17, 15) is 41.7 Å². The van der Waals surface area contributed by atoms with E-state index in [0.717, 1.165) is 27.4 Å². The summed E-state index contributed by atoms with van der Waals surface area (Å²) >= 11 is 6.47. The number of nitrogens with zero attached hydrogens (tertiary/aromatic N) is 5. The second-order valence-corrected chi connectivity index (χ2v) is 12.7. The molecule has 1 saturated carbocycles. The predicted octanol–water partition coefficient (Wildman–Crippen LogP) is 4.21. The van der Waals surface area contributed by atoms with Crippen molar-refractivity contribution in [3.8, 4) is 12.1 Å². The second kappa shape index (κ2) is 11.8. The van der Waals surface area contributed by atoms with Crippen molar-refractivity contribution in [2.75, 3.05) is 15.0 Å². The lowest BCUT2D eigenvalue weighted by Gasteiger charge is -2.39. The molecule has 0 radical (unpaired) electrons. The predicted molar refractivity (Wildman–Crippen MR) is 153 cm³/mol. The van der Waals surface area contributed by atoms with Gasteiger partial charge in [0.2, 0.25) is 15.9 Å². The number of nitrogens with one attached hydrogen (secondary N) is 1. The Morgan fingerprint density at radius 1 is 1.09 bits per heavy atom. The van der Waals surface area contributed by atoms with Crippen molar-refractivity contribution in [1.82, 2.24) is 10.3 Å². The lowest BCUT2D eigenvalue weighted by molar-refractivity contribution is -0.133. The minimum Gasteiger partial charge on any atom is -0.351 e. The van der Waals surface area contributed by atoms with Crippen LogP contribution in [0.1, 0.15) is 42.0 Å². The fourth-order valence-electron chi connectivity index (χ4n) is 5.28. The van der Waals surface area contributed by atoms with Gasteiger partial charge in [0, 0.05) is 41.4 Å². The number of alkyl halides is 2. The minimum absolute atomic E-state index is 0.000543. The standard InChI is InChI=1S/C29H22ClF3N6O4S/c30-23-4-2-1-3-22(23)26(27(40)37-20-13-29(32,33)14-20)38(21-10-18(16-35)9-19(31)12-21)28(41)24-6-8-44(42,43)39(24)25-11-17(15-34)5-7-36-25/h1-5,7,9-12,20,24,26H,6,8,13-14H2,(H,37,40)/t24?,26-/m0/s1. The van der Waals surface area contributed by atoms with E-state index < -0.39 is 70.3 Å². The van der Waals surface area contributed by atoms with E-state index in [1.165, 1.54) is 36.5 Å². The van der Waals surface area contributed by atoms with Crippen LogP contribution in [0.4, 0.5) is 24.7 Å². The molecule has 1 aliphatic carbocycles. The van der Waals surface area contributed by atoms with Crippen molar-refractivity contribution in [2.45, 2.75) is 43.3 Å². The Morgan fingerprint density at radius 2 is 1.80 bits per heavy atom. The third-order valence-electron chi connectivity index (χ3n) is 7.29. The first-order valence-corrected chi connectivity index (χ1v) is 15.2. The zero-order valence-corrected chi connectivity index (χ0v) is 24.2. The number of halogens is 4. The van der Waals surface area contributed by atoms with Crippen LogP contribution in [-0.4, -0.2) is 49.0 Å². The van der Waals surface area contributed by atoms with Crippen LogP contribution in [0.3, 0.4) is 0 Å². The molecular weight excluding hydrogens is 621 g/mol. The van der Waals surface area contributed by atoms with Crippen molar-refractivity contribution >= 4 is 44.9 Å². The van der Waals surface area contributed by atoms with Gasteiger partial charge in [-0.1, -0.05) is 29.8 Å². The molecule has 3 aromatic rings. The van der Waals surface area contributed by atoms with Crippen molar-refractivity contribution < 1.29 is 31.2 Å². The van der Waals surface area contributed by atoms with Gasteiger partial charge in [0.1, 0.15) is 23.7 Å². The molecule has 10 nitrogen and oxygen atoms in total. The molecule has 2 fully saturated rings. The molecule has 2 aromatic carbocycles. The number of benzene rings is 2. The number of anilines is 2. The van der Waals surface area contributed by atoms with E-state index in [1.54, 1.807) is 12.1 Å². The molecule has 1 saturated heterocycles. The fourth-order valence-corrected chi connectivity index (χ4v) is 7.21. The average Bonchev–Trinajstić information content (AvgIpc) is 3.29. The van der Waals surface area contributed by atoms with Crippen LogP contribution in [0.5, 0.6) is 0 Å². The molecule has 15 heteroatoms. The Kier molecular flexibility index (Phi) is 8.25. The highest BCUT2D eigenvalue weighted by Gasteiger charge is 2.49. The molecule has 5 rings (SSSR count). The number of carbonyl (C=O) groups is 2. The summed E-state index contributed by atoms with van der Waals surface area (Å²) < 4.78 is 69.3. The van der Waals surface area contributed by atoms with Gasteiger partial charge in [0.15, 0.2) is 0 Å². The fraction of sp³-hybridized carbons (Fsp3) is 0.276. The number of carbonyl (C=O) groups excluding carboxylic acids is 2. The van der Waals surface area contributed by atoms with Gasteiger partial charge in [-0.3, -0.25) is 14.5 Å². The molecule has 2 amide bonds. The van der Waals surface area contributed by atoms with E-state index >= 15 is 0 Å². The van der Waals surface area contributed by atoms with Crippen molar-refractivity contribution in [1.29, 1.82) is 10.5 Å². The number of amides is 2. The first kappa shape index (κ1) is 30.8. The Hall–Kier alpha value is -4.66. The zero-order chi connectivity index (χ0) is 31.8. The van der Waals surface area contributed by atoms with Gasteiger partial charge in [0.25, 0.3) is 11.8 Å². The van der Waals surface area contributed by atoms with Gasteiger partial charge in [0.05, 0.1) is 29.0 Å². The highest BCUT2D eigenvalue weighted by molar-refractivity contribution is 7.93. The van der Waals surface area contributed by atoms with Gasteiger partial charge in [-0.2, -0.15) is 10.5 Å². The Balaban J connectivity index is 1.68. The maximum absolute atomic E-state index is 14.8. The number of sulfonamides is 1. The van der Waals surface area contributed by atoms with Crippen LogP contribution >= 0.6 is 11.6 Å². The summed E-state index contributed by atoms with van der Waals surface area (Å²) in [6, 6.07) is 10.8. The molecule has 1 unspecified atom stereocenters. The lowest BCUT2D eigenvalue weighted by atomic mass is 9.87. The number of nitriles is 2. The van der Waals surface area contributed by atoms with Crippen LogP contribution in [0, 0.1) is 28.5 Å². The molecule has 2 atom stereocenters. The van der Waals surface area contributed by atoms with E-state index in [2.05, 4.69) is 10.3 Å². The van der Waals surface area contributed by atoms with Crippen molar-refractivity contribution in [3.63, 3.8) is 0 Å². The summed E-state index contributed by atoms with van der Waals surface area (Å²) in [7, 11) is -4.16. The SMILES string of the molecule is N#Cc1cc(F)cc(N(C(=O)C2CCS(=O)(=O)N2c2cc(C#N)ccn2)[C@H](C(=O)NC2CC(F)(F)C2)c2ccccc2Cl)c1. The molecule has 226 valence electrons. The average molecular weight is 643 g/mol. The topological polar surface area (TPSA) is 147 Å². The lowest BCUT2D eigenvalue weighted by Crippen LogP contribution is -2.56. The second-order valence-electron chi connectivity index (χ2n) is 10.3. The molecular formula is C29H22ClF3N6O4S. The summed E-state index contributed by atoms with van der Waals surface area (Å²) in [6.07, 6.45) is -0.366. The quantitative estimate of drug-likeness (QED) is 0.406. The smallest absolute Gasteiger partial charge is 0.252 e. The molecule has 1 N–H and O–H groups in total. The monoisotopic (exact) mass is 642 g/mol. The number of hydrogen-bond donors (Lipinski definition) is 1. The van der Waals surface area contributed by atoms with Crippen LogP contribution in [-0.2, 0) is 19.6 Å². The molecule has 0 bridgehead atoms. The van der Waals surface area contributed by atoms with Gasteiger partial charge in [-0.05, 0) is 42.8 Å². The Bertz CT molecular complexity index is 1840. The first-order chi connectivity index (χ1) is 20.8. The summed E-state index contributed by atoms with van der Waals surface area (Å²) in [5, 5.41) is 21.4. The van der Waals surface area contributed by atoms with Gasteiger partial charge < -0.3 is 5.32 Å². The summed E-state index contributed by atoms with van der Waals surface area (Å²) in [6.45, 7) is 0.